The summed E-state index contributed by atoms with van der Waals surface area (Å²) < 4.78 is 10.2. The van der Waals surface area contributed by atoms with Crippen molar-refractivity contribution in [1.82, 2.24) is 10.9 Å². The molecule has 0 spiro atoms. The van der Waals surface area contributed by atoms with Gasteiger partial charge in [0.25, 0.3) is 5.91 Å². The third-order valence-corrected chi connectivity index (χ3v) is 3.29. The van der Waals surface area contributed by atoms with Crippen LogP contribution in [0.4, 0.5) is 10.5 Å². The Labute approximate surface area is 143 Å². The molecule has 2 aromatic rings. The Kier molecular flexibility index (Phi) is 5.86. The Morgan fingerprint density at radius 1 is 0.917 bits per heavy atom. The molecule has 0 unspecified atom stereocenters. The number of amides is 3. The SMILES string of the molecule is COc1ccc(C(=O)NNC(=O)Nc2ccc(Cl)cc2)cc1OC. The van der Waals surface area contributed by atoms with E-state index in [9.17, 15) is 9.59 Å². The summed E-state index contributed by atoms with van der Waals surface area (Å²) in [6, 6.07) is 10.6. The summed E-state index contributed by atoms with van der Waals surface area (Å²) in [4.78, 5) is 23.8. The van der Waals surface area contributed by atoms with E-state index in [2.05, 4.69) is 16.2 Å². The van der Waals surface area contributed by atoms with Gasteiger partial charge in [-0.1, -0.05) is 11.6 Å². The molecule has 0 aliphatic carbocycles. The van der Waals surface area contributed by atoms with E-state index in [1.165, 1.54) is 20.3 Å². The molecule has 0 saturated carbocycles. The number of hydrogen-bond acceptors (Lipinski definition) is 4. The molecule has 0 bridgehead atoms. The van der Waals surface area contributed by atoms with E-state index in [0.717, 1.165) is 0 Å². The molecule has 24 heavy (non-hydrogen) atoms. The van der Waals surface area contributed by atoms with Crippen LogP contribution in [-0.2, 0) is 0 Å². The standard InChI is InChI=1S/C16H16ClN3O4/c1-23-13-8-3-10(9-14(13)24-2)15(21)19-20-16(22)18-12-6-4-11(17)5-7-12/h3-9H,1-2H3,(H,19,21)(H2,18,20,22). The zero-order valence-corrected chi connectivity index (χ0v) is 13.8. The van der Waals surface area contributed by atoms with Gasteiger partial charge >= 0.3 is 6.03 Å². The van der Waals surface area contributed by atoms with Gasteiger partial charge in [-0.3, -0.25) is 10.2 Å². The number of nitrogens with one attached hydrogen (secondary N) is 3. The molecule has 0 aliphatic heterocycles. The van der Waals surface area contributed by atoms with E-state index in [1.54, 1.807) is 36.4 Å². The number of carbonyl (C=O) groups excluding carboxylic acids is 2. The molecule has 0 fully saturated rings. The number of hydrazine groups is 1. The smallest absolute Gasteiger partial charge is 0.337 e. The average Bonchev–Trinajstić information content (AvgIpc) is 2.61. The lowest BCUT2D eigenvalue weighted by Gasteiger charge is -2.11. The molecule has 0 heterocycles. The average molecular weight is 350 g/mol. The second-order valence-corrected chi connectivity index (χ2v) is 5.05. The van der Waals surface area contributed by atoms with Gasteiger partial charge in [0.15, 0.2) is 11.5 Å². The molecule has 2 rings (SSSR count). The normalized spacial score (nSPS) is 9.79. The van der Waals surface area contributed by atoms with E-state index in [-0.39, 0.29) is 0 Å². The number of rotatable bonds is 4. The predicted molar refractivity (Wildman–Crippen MR) is 90.6 cm³/mol. The molecule has 0 radical (unpaired) electrons. The highest BCUT2D eigenvalue weighted by atomic mass is 35.5. The first-order valence-electron chi connectivity index (χ1n) is 6.88. The predicted octanol–water partition coefficient (Wildman–Crippen LogP) is 2.82. The number of urea groups is 1. The van der Waals surface area contributed by atoms with Gasteiger partial charge in [-0.05, 0) is 42.5 Å². The number of ether oxygens (including phenoxy) is 2. The Balaban J connectivity index is 1.92. The molecule has 3 amide bonds. The number of anilines is 1. The van der Waals surface area contributed by atoms with Crippen molar-refractivity contribution < 1.29 is 19.1 Å². The number of benzene rings is 2. The van der Waals surface area contributed by atoms with Crippen molar-refractivity contribution in [3.63, 3.8) is 0 Å². The fourth-order valence-electron chi connectivity index (χ4n) is 1.86. The summed E-state index contributed by atoms with van der Waals surface area (Å²) >= 11 is 5.76. The quantitative estimate of drug-likeness (QED) is 0.740. The molecule has 7 nitrogen and oxygen atoms in total. The fourth-order valence-corrected chi connectivity index (χ4v) is 1.98. The molecule has 126 valence electrons. The number of halogens is 1. The highest BCUT2D eigenvalue weighted by Crippen LogP contribution is 2.27. The van der Waals surface area contributed by atoms with Crippen molar-refractivity contribution in [2.75, 3.05) is 19.5 Å². The van der Waals surface area contributed by atoms with Crippen LogP contribution in [0.5, 0.6) is 11.5 Å². The highest BCUT2D eigenvalue weighted by Gasteiger charge is 2.11. The minimum Gasteiger partial charge on any atom is -0.493 e. The molecule has 8 heteroatoms. The van der Waals surface area contributed by atoms with Crippen LogP contribution in [-0.4, -0.2) is 26.2 Å². The molecule has 3 N–H and O–H groups in total. The van der Waals surface area contributed by atoms with Gasteiger partial charge in [0.1, 0.15) is 0 Å². The maximum absolute atomic E-state index is 12.0. The second-order valence-electron chi connectivity index (χ2n) is 4.61. The zero-order valence-electron chi connectivity index (χ0n) is 13.1. The summed E-state index contributed by atoms with van der Waals surface area (Å²) in [5.41, 5.74) is 5.40. The molecule has 0 aromatic heterocycles. The van der Waals surface area contributed by atoms with Gasteiger partial charge in [0.2, 0.25) is 0 Å². The molecule has 0 saturated heterocycles. The maximum atomic E-state index is 12.0. The van der Waals surface area contributed by atoms with Gasteiger partial charge < -0.3 is 14.8 Å². The minimum absolute atomic E-state index is 0.305. The van der Waals surface area contributed by atoms with Crippen LogP contribution in [0.25, 0.3) is 0 Å². The first kappa shape index (κ1) is 17.4. The lowest BCUT2D eigenvalue weighted by Crippen LogP contribution is -2.43. The van der Waals surface area contributed by atoms with Gasteiger partial charge in [0, 0.05) is 16.3 Å². The van der Waals surface area contributed by atoms with E-state index >= 15 is 0 Å². The van der Waals surface area contributed by atoms with Crippen molar-refractivity contribution in [3.05, 3.63) is 53.1 Å². The highest BCUT2D eigenvalue weighted by molar-refractivity contribution is 6.30. The van der Waals surface area contributed by atoms with Crippen LogP contribution in [0, 0.1) is 0 Å². The zero-order chi connectivity index (χ0) is 17.5. The third kappa shape index (κ3) is 4.53. The monoisotopic (exact) mass is 349 g/mol. The summed E-state index contributed by atoms with van der Waals surface area (Å²) in [5.74, 6) is 0.417. The molecular formula is C16H16ClN3O4. The van der Waals surface area contributed by atoms with Gasteiger partial charge in [-0.2, -0.15) is 0 Å². The Morgan fingerprint density at radius 2 is 1.58 bits per heavy atom. The molecule has 0 atom stereocenters. The topological polar surface area (TPSA) is 88.7 Å². The fraction of sp³-hybridized carbons (Fsp3) is 0.125. The number of carbonyl (C=O) groups is 2. The van der Waals surface area contributed by atoms with Gasteiger partial charge in [0.05, 0.1) is 14.2 Å². The van der Waals surface area contributed by atoms with E-state index in [1.807, 2.05) is 0 Å². The Hall–Kier alpha value is -2.93. The van der Waals surface area contributed by atoms with Crippen LogP contribution in [0.2, 0.25) is 5.02 Å². The molecular weight excluding hydrogens is 334 g/mol. The first-order chi connectivity index (χ1) is 11.5. The number of hydrogen-bond donors (Lipinski definition) is 3. The lowest BCUT2D eigenvalue weighted by atomic mass is 10.2. The summed E-state index contributed by atoms with van der Waals surface area (Å²) in [5, 5.41) is 3.11. The maximum Gasteiger partial charge on any atom is 0.337 e. The third-order valence-electron chi connectivity index (χ3n) is 3.04. The van der Waals surface area contributed by atoms with Crippen LogP contribution in [0.3, 0.4) is 0 Å². The van der Waals surface area contributed by atoms with Crippen LogP contribution >= 0.6 is 11.6 Å². The summed E-state index contributed by atoms with van der Waals surface area (Å²) in [6.07, 6.45) is 0. The van der Waals surface area contributed by atoms with Crippen molar-refractivity contribution in [1.29, 1.82) is 0 Å². The second kappa shape index (κ2) is 8.07. The van der Waals surface area contributed by atoms with Crippen LogP contribution < -0.4 is 25.6 Å². The van der Waals surface area contributed by atoms with Crippen molar-refractivity contribution >= 4 is 29.2 Å². The van der Waals surface area contributed by atoms with Crippen molar-refractivity contribution in [2.24, 2.45) is 0 Å². The van der Waals surface area contributed by atoms with Crippen LogP contribution in [0.1, 0.15) is 10.4 Å². The van der Waals surface area contributed by atoms with Gasteiger partial charge in [-0.25, -0.2) is 10.2 Å². The van der Waals surface area contributed by atoms with E-state index in [4.69, 9.17) is 21.1 Å². The molecule has 0 aliphatic rings. The van der Waals surface area contributed by atoms with Crippen molar-refractivity contribution in [2.45, 2.75) is 0 Å². The van der Waals surface area contributed by atoms with E-state index in [0.29, 0.717) is 27.8 Å². The van der Waals surface area contributed by atoms with Gasteiger partial charge in [-0.15, -0.1) is 0 Å². The largest absolute Gasteiger partial charge is 0.493 e. The number of methoxy groups -OCH3 is 2. The summed E-state index contributed by atoms with van der Waals surface area (Å²) in [6.45, 7) is 0. The van der Waals surface area contributed by atoms with Crippen LogP contribution in [0.15, 0.2) is 42.5 Å². The Morgan fingerprint density at radius 3 is 2.21 bits per heavy atom. The summed E-state index contributed by atoms with van der Waals surface area (Å²) in [7, 11) is 2.97. The Bertz CT molecular complexity index is 735. The molecule has 2 aromatic carbocycles. The first-order valence-corrected chi connectivity index (χ1v) is 7.26. The van der Waals surface area contributed by atoms with E-state index < -0.39 is 11.9 Å². The van der Waals surface area contributed by atoms with Crippen molar-refractivity contribution in [3.8, 4) is 11.5 Å². The lowest BCUT2D eigenvalue weighted by molar-refractivity contribution is 0.0937. The minimum atomic E-state index is -0.592.